The van der Waals surface area contributed by atoms with Crippen LogP contribution in [0.15, 0.2) is 0 Å². The number of likely N-dealkylation sites (tertiary alicyclic amines) is 1. The van der Waals surface area contributed by atoms with E-state index in [1.54, 1.807) is 0 Å². The Hall–Kier alpha value is -1.28. The number of alkyl halides is 2. The summed E-state index contributed by atoms with van der Waals surface area (Å²) < 4.78 is 28.0. The summed E-state index contributed by atoms with van der Waals surface area (Å²) in [5, 5.41) is 18.2. The van der Waals surface area contributed by atoms with Gasteiger partial charge in [0, 0.05) is 13.0 Å². The maximum absolute atomic E-state index is 11.7. The first-order chi connectivity index (χ1) is 8.41. The molecule has 0 aliphatic carbocycles. The molecule has 8 heteroatoms. The number of carbonyl (C=O) groups excluding carboxylic acids is 1. The first kappa shape index (κ1) is 14.8. The van der Waals surface area contributed by atoms with Crippen molar-refractivity contribution in [2.75, 3.05) is 19.8 Å². The molecule has 1 saturated heterocycles. The molecule has 1 amide bonds. The van der Waals surface area contributed by atoms with Crippen LogP contribution in [0.3, 0.4) is 0 Å². The summed E-state index contributed by atoms with van der Waals surface area (Å²) in [6.07, 6.45) is -3.65. The minimum Gasteiger partial charge on any atom is -0.480 e. The maximum atomic E-state index is 11.7. The second kappa shape index (κ2) is 6.60. The number of aliphatic carboxylic acids is 1. The lowest BCUT2D eigenvalue weighted by atomic mass is 10.2. The van der Waals surface area contributed by atoms with Crippen molar-refractivity contribution >= 4 is 11.9 Å². The fourth-order valence-electron chi connectivity index (χ4n) is 1.80. The smallest absolute Gasteiger partial charge is 0.326 e. The Morgan fingerprint density at radius 2 is 2.11 bits per heavy atom. The number of carboxylic acid groups (broad SMARTS) is 1. The molecule has 0 radical (unpaired) electrons. The van der Waals surface area contributed by atoms with Crippen molar-refractivity contribution in [2.24, 2.45) is 0 Å². The van der Waals surface area contributed by atoms with E-state index in [0.717, 1.165) is 4.90 Å². The van der Waals surface area contributed by atoms with E-state index in [2.05, 4.69) is 4.74 Å². The first-order valence-electron chi connectivity index (χ1n) is 5.48. The van der Waals surface area contributed by atoms with Gasteiger partial charge in [-0.05, 0) is 0 Å². The fourth-order valence-corrected chi connectivity index (χ4v) is 1.80. The van der Waals surface area contributed by atoms with Gasteiger partial charge >= 0.3 is 5.97 Å². The molecule has 1 aliphatic rings. The number of nitrogens with zero attached hydrogens (tertiary/aromatic N) is 1. The topological polar surface area (TPSA) is 87.1 Å². The number of halogens is 2. The van der Waals surface area contributed by atoms with Crippen LogP contribution in [-0.2, 0) is 14.3 Å². The van der Waals surface area contributed by atoms with Crippen molar-refractivity contribution in [1.29, 1.82) is 0 Å². The molecule has 104 valence electrons. The van der Waals surface area contributed by atoms with E-state index in [9.17, 15) is 23.5 Å². The number of hydrogen-bond donors (Lipinski definition) is 2. The summed E-state index contributed by atoms with van der Waals surface area (Å²) in [6.45, 7) is -0.995. The van der Waals surface area contributed by atoms with Gasteiger partial charge in [-0.2, -0.15) is 0 Å². The summed E-state index contributed by atoms with van der Waals surface area (Å²) in [5.41, 5.74) is 0. The fraction of sp³-hybridized carbons (Fsp3) is 0.800. The van der Waals surface area contributed by atoms with Crippen LogP contribution in [0, 0.1) is 0 Å². The molecule has 6 nitrogen and oxygen atoms in total. The molecule has 2 atom stereocenters. The molecular weight excluding hydrogens is 252 g/mol. The molecule has 2 N–H and O–H groups in total. The minimum atomic E-state index is -2.60. The molecule has 0 aromatic carbocycles. The van der Waals surface area contributed by atoms with Gasteiger partial charge in [0.1, 0.15) is 12.6 Å². The molecule has 0 aromatic heterocycles. The number of hydrogen-bond acceptors (Lipinski definition) is 4. The van der Waals surface area contributed by atoms with E-state index < -0.39 is 37.1 Å². The van der Waals surface area contributed by atoms with Crippen LogP contribution in [0.25, 0.3) is 0 Å². The molecule has 0 unspecified atom stereocenters. The highest BCUT2D eigenvalue weighted by Crippen LogP contribution is 2.19. The Morgan fingerprint density at radius 3 is 2.67 bits per heavy atom. The largest absolute Gasteiger partial charge is 0.480 e. The van der Waals surface area contributed by atoms with E-state index in [4.69, 9.17) is 5.11 Å². The van der Waals surface area contributed by atoms with Gasteiger partial charge in [0.25, 0.3) is 6.43 Å². The molecule has 0 aromatic rings. The molecule has 0 saturated carbocycles. The molecule has 0 spiro atoms. The summed E-state index contributed by atoms with van der Waals surface area (Å²) in [6, 6.07) is -1.05. The third-order valence-corrected chi connectivity index (χ3v) is 2.59. The summed E-state index contributed by atoms with van der Waals surface area (Å²) in [4.78, 5) is 23.5. The van der Waals surface area contributed by atoms with Crippen LogP contribution in [-0.4, -0.2) is 65.3 Å². The van der Waals surface area contributed by atoms with Crippen LogP contribution in [0.1, 0.15) is 12.8 Å². The predicted octanol–water partition coefficient (Wildman–Crippen LogP) is -0.295. The normalized spacial score (nSPS) is 23.7. The average Bonchev–Trinajstić information content (AvgIpc) is 2.66. The lowest BCUT2D eigenvalue weighted by molar-refractivity contribution is -0.148. The molecular formula is C10H15F2NO5. The average molecular weight is 267 g/mol. The van der Waals surface area contributed by atoms with Crippen molar-refractivity contribution in [3.63, 3.8) is 0 Å². The van der Waals surface area contributed by atoms with Gasteiger partial charge < -0.3 is 19.8 Å². The molecule has 1 aliphatic heterocycles. The van der Waals surface area contributed by atoms with Crippen LogP contribution in [0.4, 0.5) is 8.78 Å². The van der Waals surface area contributed by atoms with Gasteiger partial charge in [-0.1, -0.05) is 0 Å². The highest BCUT2D eigenvalue weighted by molar-refractivity contribution is 5.84. The van der Waals surface area contributed by atoms with Gasteiger partial charge in [-0.25, -0.2) is 13.6 Å². The number of rotatable bonds is 6. The van der Waals surface area contributed by atoms with Crippen LogP contribution >= 0.6 is 0 Å². The van der Waals surface area contributed by atoms with Crippen molar-refractivity contribution in [1.82, 2.24) is 4.90 Å². The summed E-state index contributed by atoms with van der Waals surface area (Å²) in [7, 11) is 0. The Kier molecular flexibility index (Phi) is 5.42. The van der Waals surface area contributed by atoms with E-state index >= 15 is 0 Å². The van der Waals surface area contributed by atoms with Crippen LogP contribution in [0.2, 0.25) is 0 Å². The Labute approximate surface area is 102 Å². The Bertz CT molecular complexity index is 313. The highest BCUT2D eigenvalue weighted by atomic mass is 19.3. The van der Waals surface area contributed by atoms with Crippen LogP contribution < -0.4 is 0 Å². The zero-order valence-corrected chi connectivity index (χ0v) is 9.59. The van der Waals surface area contributed by atoms with Crippen molar-refractivity contribution in [3.05, 3.63) is 0 Å². The quantitative estimate of drug-likeness (QED) is 0.645. The number of aliphatic hydroxyl groups excluding tert-OH is 1. The number of ether oxygens (including phenoxy) is 1. The van der Waals surface area contributed by atoms with Crippen LogP contribution in [0.5, 0.6) is 0 Å². The lowest BCUT2D eigenvalue weighted by Crippen LogP contribution is -2.41. The standard InChI is InChI=1S/C10H15F2NO5/c11-8(12)5-18-2-1-9(15)13-4-6(14)3-7(13)10(16)17/h6-8,14H,1-5H2,(H,16,17)/t6-,7-/m0/s1. The maximum Gasteiger partial charge on any atom is 0.326 e. The number of aliphatic hydroxyl groups is 1. The van der Waals surface area contributed by atoms with Gasteiger partial charge in [0.2, 0.25) is 5.91 Å². The van der Waals surface area contributed by atoms with Gasteiger partial charge in [0.05, 0.1) is 19.1 Å². The Balaban J connectivity index is 2.38. The van der Waals surface area contributed by atoms with Crippen molar-refractivity contribution in [3.8, 4) is 0 Å². The molecule has 18 heavy (non-hydrogen) atoms. The van der Waals surface area contributed by atoms with Gasteiger partial charge in [-0.3, -0.25) is 4.79 Å². The monoisotopic (exact) mass is 267 g/mol. The van der Waals surface area contributed by atoms with Crippen molar-refractivity contribution in [2.45, 2.75) is 31.4 Å². The van der Waals surface area contributed by atoms with E-state index in [1.807, 2.05) is 0 Å². The third-order valence-electron chi connectivity index (χ3n) is 2.59. The second-order valence-electron chi connectivity index (χ2n) is 4.01. The van der Waals surface area contributed by atoms with Gasteiger partial charge in [0.15, 0.2) is 0 Å². The van der Waals surface area contributed by atoms with E-state index in [-0.39, 0.29) is 26.0 Å². The number of carboxylic acids is 1. The molecule has 0 bridgehead atoms. The van der Waals surface area contributed by atoms with E-state index in [0.29, 0.717) is 0 Å². The minimum absolute atomic E-state index is 0.0149. The van der Waals surface area contributed by atoms with E-state index in [1.165, 1.54) is 0 Å². The van der Waals surface area contributed by atoms with Gasteiger partial charge in [-0.15, -0.1) is 0 Å². The second-order valence-corrected chi connectivity index (χ2v) is 4.01. The zero-order chi connectivity index (χ0) is 13.7. The number of β-amino-alcohol motifs (C(OH)–C–C–N with tert-alkyl or cyclic N) is 1. The predicted molar refractivity (Wildman–Crippen MR) is 55.2 cm³/mol. The highest BCUT2D eigenvalue weighted by Gasteiger charge is 2.38. The molecule has 1 rings (SSSR count). The molecule has 1 heterocycles. The lowest BCUT2D eigenvalue weighted by Gasteiger charge is -2.21. The zero-order valence-electron chi connectivity index (χ0n) is 9.59. The molecule has 1 fully saturated rings. The summed E-state index contributed by atoms with van der Waals surface area (Å²) >= 11 is 0. The number of amides is 1. The van der Waals surface area contributed by atoms with Crippen molar-refractivity contribution < 1.29 is 33.3 Å². The SMILES string of the molecule is O=C(O)[C@@H]1C[C@H](O)CN1C(=O)CCOCC(F)F. The third kappa shape index (κ3) is 4.19. The summed E-state index contributed by atoms with van der Waals surface area (Å²) in [5.74, 6) is -1.71. The Morgan fingerprint density at radius 1 is 1.44 bits per heavy atom. The number of carbonyl (C=O) groups is 2. The first-order valence-corrected chi connectivity index (χ1v) is 5.48.